The molecule has 1 aliphatic rings. The van der Waals surface area contributed by atoms with Gasteiger partial charge >= 0.3 is 11.9 Å². The van der Waals surface area contributed by atoms with E-state index < -0.39 is 16.9 Å². The summed E-state index contributed by atoms with van der Waals surface area (Å²) in [6.45, 7) is 7.24. The number of ether oxygens (including phenoxy) is 1. The van der Waals surface area contributed by atoms with Crippen molar-refractivity contribution in [1.29, 1.82) is 0 Å². The van der Waals surface area contributed by atoms with E-state index in [-0.39, 0.29) is 28.9 Å². The van der Waals surface area contributed by atoms with Crippen LogP contribution in [0.1, 0.15) is 85.5 Å². The molecule has 1 aromatic carbocycles. The number of unbranched alkanes of at least 4 members (excludes halogenated alkanes) is 7. The van der Waals surface area contributed by atoms with E-state index in [0.717, 1.165) is 19.3 Å². The molecule has 1 unspecified atom stereocenters. The molecule has 0 fully saturated rings. The highest BCUT2D eigenvalue weighted by Gasteiger charge is 2.35. The van der Waals surface area contributed by atoms with Crippen LogP contribution in [-0.4, -0.2) is 28.1 Å². The predicted molar refractivity (Wildman–Crippen MR) is 135 cm³/mol. The lowest BCUT2D eigenvalue weighted by Gasteiger charge is -2.33. The van der Waals surface area contributed by atoms with E-state index in [2.05, 4.69) is 12.2 Å². The third kappa shape index (κ3) is 7.83. The van der Waals surface area contributed by atoms with Crippen LogP contribution in [0.3, 0.4) is 0 Å². The number of non-ortho nitro benzene ring substituents is 1. The number of carbonyl (C=O) groups is 2. The number of carboxylic acid groups (broad SMARTS) is 1. The maximum Gasteiger partial charge on any atom is 0.357 e. The molecule has 0 spiro atoms. The van der Waals surface area contributed by atoms with E-state index in [0.29, 0.717) is 17.8 Å². The first-order valence-corrected chi connectivity index (χ1v) is 12.3. The number of esters is 1. The van der Waals surface area contributed by atoms with E-state index in [1.54, 1.807) is 13.8 Å². The number of rotatable bonds is 14. The zero-order chi connectivity index (χ0) is 26.0. The Morgan fingerprint density at radius 1 is 1.06 bits per heavy atom. The highest BCUT2D eigenvalue weighted by molar-refractivity contribution is 6.02. The monoisotopic (exact) mass is 487 g/mol. The molecule has 35 heavy (non-hydrogen) atoms. The van der Waals surface area contributed by atoms with E-state index >= 15 is 0 Å². The van der Waals surface area contributed by atoms with Crippen molar-refractivity contribution >= 4 is 23.3 Å². The highest BCUT2D eigenvalue weighted by atomic mass is 16.6. The maximum atomic E-state index is 13.2. The Hall–Kier alpha value is -3.36. The number of hydrogen-bond donors (Lipinski definition) is 2. The summed E-state index contributed by atoms with van der Waals surface area (Å²) >= 11 is 0. The van der Waals surface area contributed by atoms with Gasteiger partial charge in [-0.2, -0.15) is 0 Å². The van der Waals surface area contributed by atoms with Crippen LogP contribution in [0, 0.1) is 10.1 Å². The number of carboxylic acids is 1. The van der Waals surface area contributed by atoms with Crippen LogP contribution in [0.4, 0.5) is 11.4 Å². The molecular weight excluding hydrogens is 450 g/mol. The van der Waals surface area contributed by atoms with Gasteiger partial charge in [0.1, 0.15) is 0 Å². The number of carbonyl (C=O) groups excluding carboxylic acids is 1. The van der Waals surface area contributed by atoms with Crippen molar-refractivity contribution < 1.29 is 24.4 Å². The highest BCUT2D eigenvalue weighted by Crippen LogP contribution is 2.33. The summed E-state index contributed by atoms with van der Waals surface area (Å²) in [4.78, 5) is 37.3. The van der Waals surface area contributed by atoms with Gasteiger partial charge in [-0.15, -0.1) is 0 Å². The molecule has 0 radical (unpaired) electrons. The van der Waals surface area contributed by atoms with Gasteiger partial charge in [-0.3, -0.25) is 15.0 Å². The summed E-state index contributed by atoms with van der Waals surface area (Å²) in [6.07, 6.45) is 9.78. The molecule has 0 aromatic heterocycles. The smallest absolute Gasteiger partial charge is 0.357 e. The number of allylic oxidation sites excluding steroid dienone is 2. The average molecular weight is 488 g/mol. The zero-order valence-electron chi connectivity index (χ0n) is 21.1. The fraction of sp³-hybridized carbons (Fsp3) is 0.538. The predicted octanol–water partition coefficient (Wildman–Crippen LogP) is 6.01. The summed E-state index contributed by atoms with van der Waals surface area (Å²) in [5.41, 5.74) is 0.500. The summed E-state index contributed by atoms with van der Waals surface area (Å²) in [7, 11) is 0. The first kappa shape index (κ1) is 27.9. The third-order valence-electron chi connectivity index (χ3n) is 6.00. The van der Waals surface area contributed by atoms with Crippen LogP contribution in [0.25, 0.3) is 0 Å². The molecule has 0 aliphatic carbocycles. The Labute approximate surface area is 207 Å². The van der Waals surface area contributed by atoms with Crippen LogP contribution in [0.15, 0.2) is 47.1 Å². The number of nitro groups is 1. The standard InChI is InChI=1S/C26H37N3O6/c1-5-6-7-8-9-10-11-12-14-18(2)35-26(32)24-20(4)27-19(3)23(25(30)31)28(24)21-15-13-16-22(17-21)29(33)34/h13,15-18,27H,5-12,14H2,1-4H3,(H,30,31). The molecule has 2 N–H and O–H groups in total. The fourth-order valence-electron chi connectivity index (χ4n) is 4.21. The largest absolute Gasteiger partial charge is 0.477 e. The number of nitrogens with one attached hydrogen (secondary N) is 1. The molecule has 0 saturated carbocycles. The molecule has 1 atom stereocenters. The van der Waals surface area contributed by atoms with Crippen molar-refractivity contribution in [1.82, 2.24) is 5.32 Å². The Balaban J connectivity index is 2.13. The molecule has 2 rings (SSSR count). The molecule has 9 nitrogen and oxygen atoms in total. The minimum Gasteiger partial charge on any atom is -0.477 e. The molecule has 0 amide bonds. The zero-order valence-corrected chi connectivity index (χ0v) is 21.1. The number of nitro benzene ring substituents is 1. The van der Waals surface area contributed by atoms with E-state index in [4.69, 9.17) is 4.74 Å². The second-order valence-electron chi connectivity index (χ2n) is 8.97. The quantitative estimate of drug-likeness (QED) is 0.141. The van der Waals surface area contributed by atoms with Gasteiger partial charge < -0.3 is 15.2 Å². The van der Waals surface area contributed by atoms with Crippen molar-refractivity contribution in [3.8, 4) is 0 Å². The van der Waals surface area contributed by atoms with Gasteiger partial charge in [0.05, 0.1) is 16.7 Å². The summed E-state index contributed by atoms with van der Waals surface area (Å²) in [5, 5.41) is 24.1. The van der Waals surface area contributed by atoms with Crippen LogP contribution in [0.2, 0.25) is 0 Å². The van der Waals surface area contributed by atoms with Gasteiger partial charge in [-0.25, -0.2) is 9.59 Å². The number of hydrogen-bond acceptors (Lipinski definition) is 7. The minimum absolute atomic E-state index is 0.00345. The number of nitrogens with zero attached hydrogens (tertiary/aromatic N) is 2. The SMILES string of the molecule is CCCCCCCCCCC(C)OC(=O)C1=C(C)NC(C)=C(C(=O)O)N1c1cccc([N+](=O)[O-])c1. The molecule has 1 heterocycles. The van der Waals surface area contributed by atoms with Gasteiger partial charge in [0, 0.05) is 23.5 Å². The maximum absolute atomic E-state index is 13.2. The third-order valence-corrected chi connectivity index (χ3v) is 6.00. The topological polar surface area (TPSA) is 122 Å². The molecular formula is C26H37N3O6. The number of aliphatic carboxylic acids is 1. The lowest BCUT2D eigenvalue weighted by atomic mass is 10.1. The molecule has 9 heteroatoms. The van der Waals surface area contributed by atoms with Gasteiger partial charge in [-0.05, 0) is 39.7 Å². The lowest BCUT2D eigenvalue weighted by Crippen LogP contribution is -2.41. The fourth-order valence-corrected chi connectivity index (χ4v) is 4.21. The first-order valence-electron chi connectivity index (χ1n) is 12.3. The Morgan fingerprint density at radius 3 is 2.26 bits per heavy atom. The first-order chi connectivity index (χ1) is 16.7. The molecule has 0 saturated heterocycles. The average Bonchev–Trinajstić information content (AvgIpc) is 2.79. The van der Waals surface area contributed by atoms with Crippen LogP contribution in [-0.2, 0) is 14.3 Å². The van der Waals surface area contributed by atoms with Crippen molar-refractivity contribution in [3.63, 3.8) is 0 Å². The molecule has 1 aliphatic heterocycles. The van der Waals surface area contributed by atoms with Gasteiger partial charge in [0.2, 0.25) is 0 Å². The summed E-state index contributed by atoms with van der Waals surface area (Å²) < 4.78 is 5.68. The Morgan fingerprint density at radius 2 is 1.66 bits per heavy atom. The number of anilines is 1. The van der Waals surface area contributed by atoms with Crippen molar-refractivity contribution in [2.24, 2.45) is 0 Å². The second kappa shape index (κ2) is 13.5. The van der Waals surface area contributed by atoms with Crippen molar-refractivity contribution in [3.05, 3.63) is 57.2 Å². The second-order valence-corrected chi connectivity index (χ2v) is 8.97. The molecule has 1 aromatic rings. The van der Waals surface area contributed by atoms with E-state index in [1.807, 2.05) is 6.92 Å². The Kier molecular flexibility index (Phi) is 10.8. The van der Waals surface area contributed by atoms with Crippen LogP contribution >= 0.6 is 0 Å². The minimum atomic E-state index is -1.27. The van der Waals surface area contributed by atoms with Gasteiger partial charge in [-0.1, -0.05) is 57.9 Å². The van der Waals surface area contributed by atoms with E-state index in [1.165, 1.54) is 61.3 Å². The van der Waals surface area contributed by atoms with Crippen molar-refractivity contribution in [2.75, 3.05) is 4.90 Å². The van der Waals surface area contributed by atoms with Crippen LogP contribution in [0.5, 0.6) is 0 Å². The summed E-state index contributed by atoms with van der Waals surface area (Å²) in [5.74, 6) is -1.95. The van der Waals surface area contributed by atoms with E-state index in [9.17, 15) is 24.8 Å². The number of benzene rings is 1. The molecule has 0 bridgehead atoms. The van der Waals surface area contributed by atoms with Crippen LogP contribution < -0.4 is 10.2 Å². The molecule has 192 valence electrons. The Bertz CT molecular complexity index is 985. The summed E-state index contributed by atoms with van der Waals surface area (Å²) in [6, 6.07) is 5.53. The van der Waals surface area contributed by atoms with Gasteiger partial charge in [0.15, 0.2) is 11.4 Å². The van der Waals surface area contributed by atoms with Gasteiger partial charge in [0.25, 0.3) is 5.69 Å². The normalized spacial score (nSPS) is 14.6. The van der Waals surface area contributed by atoms with Crippen molar-refractivity contribution in [2.45, 2.75) is 91.6 Å². The lowest BCUT2D eigenvalue weighted by molar-refractivity contribution is -0.384.